The highest BCUT2D eigenvalue weighted by Crippen LogP contribution is 2.21. The zero-order chi connectivity index (χ0) is 15.5. The Morgan fingerprint density at radius 2 is 2.09 bits per heavy atom. The summed E-state index contributed by atoms with van der Waals surface area (Å²) in [6, 6.07) is 7.08. The number of rotatable bonds is 3. The van der Waals surface area contributed by atoms with Crippen LogP contribution in [0.1, 0.15) is 19.8 Å². The second-order valence-corrected chi connectivity index (χ2v) is 6.70. The van der Waals surface area contributed by atoms with E-state index in [4.69, 9.17) is 0 Å². The predicted octanol–water partition coefficient (Wildman–Crippen LogP) is 2.23. The quantitative estimate of drug-likeness (QED) is 0.872. The average Bonchev–Trinajstić information content (AvgIpc) is 3.04. The Kier molecular flexibility index (Phi) is 4.38. The molecule has 1 aliphatic heterocycles. The lowest BCUT2D eigenvalue weighted by atomic mass is 9.99. The molecular weight excluding hydrogens is 298 g/mol. The van der Waals surface area contributed by atoms with E-state index in [9.17, 15) is 9.59 Å². The second-order valence-electron chi connectivity index (χ2n) is 5.76. The molecule has 0 spiro atoms. The molecule has 0 unspecified atom stereocenters. The van der Waals surface area contributed by atoms with Crippen molar-refractivity contribution in [2.24, 2.45) is 5.92 Å². The van der Waals surface area contributed by atoms with Crippen molar-refractivity contribution in [1.29, 1.82) is 0 Å². The number of likely N-dealkylation sites (tertiary alicyclic amines) is 1. The van der Waals surface area contributed by atoms with E-state index in [-0.39, 0.29) is 18.0 Å². The smallest absolute Gasteiger partial charge is 0.267 e. The molecule has 0 radical (unpaired) electrons. The van der Waals surface area contributed by atoms with Crippen molar-refractivity contribution in [3.8, 4) is 10.6 Å². The van der Waals surface area contributed by atoms with Crippen LogP contribution in [0.3, 0.4) is 0 Å². The molecule has 1 aliphatic rings. The highest BCUT2D eigenvalue weighted by molar-refractivity contribution is 7.13. The molecule has 1 amide bonds. The Labute approximate surface area is 133 Å². The van der Waals surface area contributed by atoms with Gasteiger partial charge in [-0.25, -0.2) is 4.68 Å². The van der Waals surface area contributed by atoms with E-state index < -0.39 is 0 Å². The van der Waals surface area contributed by atoms with Crippen molar-refractivity contribution in [3.05, 3.63) is 40.0 Å². The van der Waals surface area contributed by atoms with Gasteiger partial charge in [-0.3, -0.25) is 9.59 Å². The van der Waals surface area contributed by atoms with Gasteiger partial charge in [0.05, 0.1) is 4.88 Å². The van der Waals surface area contributed by atoms with Crippen LogP contribution >= 0.6 is 11.3 Å². The highest BCUT2D eigenvalue weighted by Gasteiger charge is 2.21. The third-order valence-corrected chi connectivity index (χ3v) is 4.95. The van der Waals surface area contributed by atoms with E-state index in [0.717, 1.165) is 36.5 Å². The minimum atomic E-state index is -0.237. The van der Waals surface area contributed by atoms with Crippen LogP contribution in [0.4, 0.5) is 0 Å². The summed E-state index contributed by atoms with van der Waals surface area (Å²) in [6.07, 6.45) is 2.06. The fraction of sp³-hybridized carbons (Fsp3) is 0.438. The number of nitrogens with zero attached hydrogens (tertiary/aromatic N) is 3. The summed E-state index contributed by atoms with van der Waals surface area (Å²) >= 11 is 1.56. The van der Waals surface area contributed by atoms with Gasteiger partial charge in [-0.1, -0.05) is 13.0 Å². The van der Waals surface area contributed by atoms with Crippen LogP contribution in [0.15, 0.2) is 34.4 Å². The lowest BCUT2D eigenvalue weighted by Gasteiger charge is -2.30. The van der Waals surface area contributed by atoms with Gasteiger partial charge in [-0.15, -0.1) is 11.3 Å². The number of hydrogen-bond acceptors (Lipinski definition) is 4. The monoisotopic (exact) mass is 317 g/mol. The fourth-order valence-electron chi connectivity index (χ4n) is 2.60. The molecule has 0 saturated carbocycles. The molecule has 3 heterocycles. The molecule has 22 heavy (non-hydrogen) atoms. The minimum absolute atomic E-state index is 0.0203. The Morgan fingerprint density at radius 3 is 2.77 bits per heavy atom. The number of aromatic nitrogens is 2. The van der Waals surface area contributed by atoms with Crippen LogP contribution in [0.5, 0.6) is 0 Å². The maximum Gasteiger partial charge on any atom is 0.267 e. The normalized spacial score (nSPS) is 16.0. The van der Waals surface area contributed by atoms with Crippen molar-refractivity contribution < 1.29 is 4.79 Å². The highest BCUT2D eigenvalue weighted by atomic mass is 32.1. The number of carbonyl (C=O) groups is 1. The van der Waals surface area contributed by atoms with Crippen LogP contribution in [0, 0.1) is 5.92 Å². The predicted molar refractivity (Wildman–Crippen MR) is 86.8 cm³/mol. The summed E-state index contributed by atoms with van der Waals surface area (Å²) in [5, 5.41) is 6.30. The van der Waals surface area contributed by atoms with E-state index in [1.165, 1.54) is 10.7 Å². The Bertz CT molecular complexity index is 700. The van der Waals surface area contributed by atoms with Crippen LogP contribution in [-0.4, -0.2) is 33.7 Å². The lowest BCUT2D eigenvalue weighted by molar-refractivity contribution is -0.133. The van der Waals surface area contributed by atoms with Crippen molar-refractivity contribution in [2.45, 2.75) is 26.3 Å². The molecule has 5 nitrogen and oxygen atoms in total. The zero-order valence-corrected chi connectivity index (χ0v) is 13.4. The summed E-state index contributed by atoms with van der Waals surface area (Å²) in [4.78, 5) is 27.1. The molecule has 3 rings (SSSR count). The topological polar surface area (TPSA) is 55.2 Å². The standard InChI is InChI=1S/C16H19N3O2S/c1-12-6-8-18(9-7-12)16(21)11-19-15(20)5-4-13(17-19)14-3-2-10-22-14/h2-5,10,12H,6-9,11H2,1H3. The van der Waals surface area contributed by atoms with Crippen LogP contribution in [0.2, 0.25) is 0 Å². The van der Waals surface area contributed by atoms with Gasteiger partial charge >= 0.3 is 0 Å². The van der Waals surface area contributed by atoms with E-state index >= 15 is 0 Å². The Balaban J connectivity index is 1.76. The molecule has 2 aromatic rings. The van der Waals surface area contributed by atoms with E-state index in [1.807, 2.05) is 22.4 Å². The van der Waals surface area contributed by atoms with Gasteiger partial charge in [-0.05, 0) is 36.3 Å². The molecule has 0 aromatic carbocycles. The second kappa shape index (κ2) is 6.44. The zero-order valence-electron chi connectivity index (χ0n) is 12.6. The summed E-state index contributed by atoms with van der Waals surface area (Å²) in [5.74, 6) is 0.650. The first kappa shape index (κ1) is 15.0. The van der Waals surface area contributed by atoms with Gasteiger partial charge in [0.1, 0.15) is 12.2 Å². The van der Waals surface area contributed by atoms with Crippen molar-refractivity contribution in [3.63, 3.8) is 0 Å². The third kappa shape index (κ3) is 3.27. The summed E-state index contributed by atoms with van der Waals surface area (Å²) < 4.78 is 1.27. The molecule has 1 fully saturated rings. The Hall–Kier alpha value is -1.95. The fourth-order valence-corrected chi connectivity index (χ4v) is 3.29. The van der Waals surface area contributed by atoms with E-state index in [1.54, 1.807) is 17.4 Å². The van der Waals surface area contributed by atoms with Gasteiger partial charge < -0.3 is 4.90 Å². The Morgan fingerprint density at radius 1 is 1.32 bits per heavy atom. The summed E-state index contributed by atoms with van der Waals surface area (Å²) in [6.45, 7) is 3.78. The van der Waals surface area contributed by atoms with Crippen LogP contribution in [0.25, 0.3) is 10.6 Å². The van der Waals surface area contributed by atoms with Crippen molar-refractivity contribution in [2.75, 3.05) is 13.1 Å². The van der Waals surface area contributed by atoms with Crippen molar-refractivity contribution in [1.82, 2.24) is 14.7 Å². The number of piperidine rings is 1. The molecule has 0 aliphatic carbocycles. The van der Waals surface area contributed by atoms with Gasteiger partial charge in [0.15, 0.2) is 0 Å². The summed E-state index contributed by atoms with van der Waals surface area (Å²) in [7, 11) is 0. The van der Waals surface area contributed by atoms with Gasteiger partial charge in [-0.2, -0.15) is 5.10 Å². The van der Waals surface area contributed by atoms with E-state index in [2.05, 4.69) is 12.0 Å². The van der Waals surface area contributed by atoms with Crippen LogP contribution in [-0.2, 0) is 11.3 Å². The first-order valence-electron chi connectivity index (χ1n) is 7.53. The molecule has 116 valence electrons. The van der Waals surface area contributed by atoms with Crippen molar-refractivity contribution >= 4 is 17.2 Å². The molecule has 0 atom stereocenters. The average molecular weight is 317 g/mol. The molecule has 2 aromatic heterocycles. The lowest BCUT2D eigenvalue weighted by Crippen LogP contribution is -2.41. The van der Waals surface area contributed by atoms with E-state index in [0.29, 0.717) is 5.92 Å². The van der Waals surface area contributed by atoms with Gasteiger partial charge in [0.2, 0.25) is 5.91 Å². The molecular formula is C16H19N3O2S. The minimum Gasteiger partial charge on any atom is -0.341 e. The molecule has 6 heteroatoms. The number of hydrogen-bond donors (Lipinski definition) is 0. The SMILES string of the molecule is CC1CCN(C(=O)Cn2nc(-c3cccs3)ccc2=O)CC1. The number of carbonyl (C=O) groups excluding carboxylic acids is 1. The van der Waals surface area contributed by atoms with Gasteiger partial charge in [0.25, 0.3) is 5.56 Å². The maximum atomic E-state index is 12.4. The summed E-state index contributed by atoms with van der Waals surface area (Å²) in [5.41, 5.74) is 0.494. The number of thiophene rings is 1. The third-order valence-electron chi connectivity index (χ3n) is 4.06. The van der Waals surface area contributed by atoms with Crippen LogP contribution < -0.4 is 5.56 Å². The number of amides is 1. The molecule has 0 bridgehead atoms. The molecule has 0 N–H and O–H groups in total. The largest absolute Gasteiger partial charge is 0.341 e. The first-order valence-corrected chi connectivity index (χ1v) is 8.41. The molecule has 1 saturated heterocycles. The maximum absolute atomic E-state index is 12.4. The first-order chi connectivity index (χ1) is 10.6. The van der Waals surface area contributed by atoms with Gasteiger partial charge in [0, 0.05) is 19.2 Å².